The summed E-state index contributed by atoms with van der Waals surface area (Å²) in [5, 5.41) is 8.09. The fraction of sp³-hybridized carbons (Fsp3) is 0.200. The van der Waals surface area contributed by atoms with Crippen LogP contribution in [0.15, 0.2) is 46.9 Å². The number of benzene rings is 2. The molecule has 146 valence electrons. The highest BCUT2D eigenvalue weighted by molar-refractivity contribution is 7.13. The summed E-state index contributed by atoms with van der Waals surface area (Å²) in [5.74, 6) is 1.27. The molecule has 0 radical (unpaired) electrons. The molecule has 0 aliphatic carbocycles. The molecule has 1 N–H and O–H groups in total. The number of halogens is 2. The minimum atomic E-state index is 0.314. The minimum absolute atomic E-state index is 0.314. The van der Waals surface area contributed by atoms with E-state index in [0.717, 1.165) is 22.0 Å². The van der Waals surface area contributed by atoms with Crippen molar-refractivity contribution in [2.45, 2.75) is 20.5 Å². The van der Waals surface area contributed by atoms with E-state index < -0.39 is 0 Å². The van der Waals surface area contributed by atoms with Crippen molar-refractivity contribution in [2.75, 3.05) is 12.0 Å². The molecule has 2 aromatic carbocycles. The molecule has 1 heterocycles. The highest BCUT2D eigenvalue weighted by Gasteiger charge is 2.08. The summed E-state index contributed by atoms with van der Waals surface area (Å²) in [7, 11) is 0. The van der Waals surface area contributed by atoms with Crippen LogP contribution in [0.1, 0.15) is 23.7 Å². The molecule has 0 aliphatic rings. The number of aromatic nitrogens is 1. The van der Waals surface area contributed by atoms with Crippen molar-refractivity contribution in [1.29, 1.82) is 0 Å². The molecule has 0 aliphatic heterocycles. The van der Waals surface area contributed by atoms with Gasteiger partial charge in [0, 0.05) is 21.0 Å². The topological polar surface area (TPSA) is 55.7 Å². The van der Waals surface area contributed by atoms with Gasteiger partial charge in [-0.05, 0) is 49.7 Å². The van der Waals surface area contributed by atoms with Gasteiger partial charge in [0.25, 0.3) is 0 Å². The lowest BCUT2D eigenvalue weighted by Crippen LogP contribution is -2.01. The summed E-state index contributed by atoms with van der Waals surface area (Å²) in [5.41, 5.74) is 5.60. The molecule has 0 unspecified atom stereocenters. The summed E-state index contributed by atoms with van der Waals surface area (Å²) >= 11 is 13.6. The maximum absolute atomic E-state index is 6.21. The van der Waals surface area contributed by atoms with Gasteiger partial charge in [-0.1, -0.05) is 29.3 Å². The van der Waals surface area contributed by atoms with Gasteiger partial charge < -0.3 is 9.47 Å². The molecular weight excluding hydrogens is 417 g/mol. The smallest absolute Gasteiger partial charge is 0.203 e. The largest absolute Gasteiger partial charge is 0.490 e. The summed E-state index contributed by atoms with van der Waals surface area (Å²) in [6.45, 7) is 4.70. The monoisotopic (exact) mass is 435 g/mol. The number of ether oxygens (including phenoxy) is 2. The Morgan fingerprint density at radius 2 is 2.00 bits per heavy atom. The van der Waals surface area contributed by atoms with Gasteiger partial charge >= 0.3 is 0 Å². The summed E-state index contributed by atoms with van der Waals surface area (Å²) in [6, 6.07) is 11.0. The Balaban J connectivity index is 1.69. The van der Waals surface area contributed by atoms with Crippen LogP contribution in [-0.4, -0.2) is 17.8 Å². The van der Waals surface area contributed by atoms with Crippen LogP contribution >= 0.6 is 34.5 Å². The van der Waals surface area contributed by atoms with Crippen LogP contribution in [0.25, 0.3) is 0 Å². The van der Waals surface area contributed by atoms with Gasteiger partial charge in [0.1, 0.15) is 6.61 Å². The van der Waals surface area contributed by atoms with Crippen LogP contribution in [-0.2, 0) is 6.61 Å². The molecule has 0 spiro atoms. The van der Waals surface area contributed by atoms with Crippen molar-refractivity contribution in [3.8, 4) is 11.5 Å². The van der Waals surface area contributed by atoms with Crippen LogP contribution in [0.2, 0.25) is 10.0 Å². The molecule has 0 saturated carbocycles. The van der Waals surface area contributed by atoms with E-state index in [2.05, 4.69) is 15.5 Å². The average molecular weight is 436 g/mol. The van der Waals surface area contributed by atoms with Crippen molar-refractivity contribution in [3.05, 3.63) is 68.6 Å². The SMILES string of the molecule is CCOc1cc(C=NNc2nc(C)cs2)ccc1OCc1ccc(Cl)cc1Cl. The van der Waals surface area contributed by atoms with Crippen molar-refractivity contribution >= 4 is 45.9 Å². The number of nitrogens with one attached hydrogen (secondary N) is 1. The Labute approximate surface area is 177 Å². The average Bonchev–Trinajstić information content (AvgIpc) is 3.08. The zero-order valence-corrected chi connectivity index (χ0v) is 17.7. The first-order chi connectivity index (χ1) is 13.5. The Morgan fingerprint density at radius 1 is 1.14 bits per heavy atom. The molecule has 1 aromatic heterocycles. The standard InChI is InChI=1S/C20H19Cl2N3O2S/c1-3-26-19-8-14(10-23-25-20-24-13(2)12-28-20)4-7-18(19)27-11-15-5-6-16(21)9-17(15)22/h4-10,12H,3,11H2,1-2H3,(H,24,25). The molecule has 8 heteroatoms. The Hall–Kier alpha value is -2.28. The van der Waals surface area contributed by atoms with Gasteiger partial charge in [-0.3, -0.25) is 5.43 Å². The summed E-state index contributed by atoms with van der Waals surface area (Å²) in [4.78, 5) is 4.30. The number of hydrogen-bond donors (Lipinski definition) is 1. The van der Waals surface area contributed by atoms with Crippen LogP contribution in [0, 0.1) is 6.92 Å². The molecule has 0 saturated heterocycles. The number of hydrazone groups is 1. The highest BCUT2D eigenvalue weighted by Crippen LogP contribution is 2.30. The normalized spacial score (nSPS) is 11.0. The first-order valence-corrected chi connectivity index (χ1v) is 10.2. The van der Waals surface area contributed by atoms with Crippen LogP contribution < -0.4 is 14.9 Å². The first-order valence-electron chi connectivity index (χ1n) is 8.60. The van der Waals surface area contributed by atoms with E-state index in [1.54, 1.807) is 18.3 Å². The summed E-state index contributed by atoms with van der Waals surface area (Å²) < 4.78 is 11.6. The van der Waals surface area contributed by atoms with Crippen LogP contribution in [0.3, 0.4) is 0 Å². The lowest BCUT2D eigenvalue weighted by molar-refractivity contribution is 0.269. The maximum Gasteiger partial charge on any atom is 0.203 e. The quantitative estimate of drug-likeness (QED) is 0.338. The van der Waals surface area contributed by atoms with Gasteiger partial charge in [0.2, 0.25) is 5.13 Å². The molecule has 0 atom stereocenters. The van der Waals surface area contributed by atoms with E-state index in [1.807, 2.05) is 43.5 Å². The van der Waals surface area contributed by atoms with Crippen LogP contribution in [0.4, 0.5) is 5.13 Å². The van der Waals surface area contributed by atoms with E-state index in [0.29, 0.717) is 34.8 Å². The van der Waals surface area contributed by atoms with Gasteiger partial charge in [-0.15, -0.1) is 11.3 Å². The number of anilines is 1. The van der Waals surface area contributed by atoms with E-state index in [4.69, 9.17) is 32.7 Å². The van der Waals surface area contributed by atoms with E-state index in [9.17, 15) is 0 Å². The second-order valence-electron chi connectivity index (χ2n) is 5.83. The molecule has 0 amide bonds. The van der Waals surface area contributed by atoms with Gasteiger partial charge in [0.05, 0.1) is 18.5 Å². The first kappa shape index (κ1) is 20.5. The van der Waals surface area contributed by atoms with E-state index in [1.165, 1.54) is 11.3 Å². The zero-order valence-electron chi connectivity index (χ0n) is 15.4. The van der Waals surface area contributed by atoms with Crippen LogP contribution in [0.5, 0.6) is 11.5 Å². The van der Waals surface area contributed by atoms with Crippen molar-refractivity contribution in [3.63, 3.8) is 0 Å². The highest BCUT2D eigenvalue weighted by atomic mass is 35.5. The van der Waals surface area contributed by atoms with Gasteiger partial charge in [-0.25, -0.2) is 4.98 Å². The lowest BCUT2D eigenvalue weighted by Gasteiger charge is -2.13. The predicted molar refractivity (Wildman–Crippen MR) is 116 cm³/mol. The fourth-order valence-electron chi connectivity index (χ4n) is 2.35. The summed E-state index contributed by atoms with van der Waals surface area (Å²) in [6.07, 6.45) is 1.71. The number of hydrogen-bond acceptors (Lipinski definition) is 6. The fourth-order valence-corrected chi connectivity index (χ4v) is 3.45. The van der Waals surface area contributed by atoms with Crippen molar-refractivity contribution in [2.24, 2.45) is 5.10 Å². The molecule has 28 heavy (non-hydrogen) atoms. The molecule has 5 nitrogen and oxygen atoms in total. The number of thiazole rings is 1. The number of rotatable bonds is 8. The molecule has 0 bridgehead atoms. The Bertz CT molecular complexity index is 976. The molecule has 3 aromatic rings. The van der Waals surface area contributed by atoms with Gasteiger partial charge in [0.15, 0.2) is 11.5 Å². The minimum Gasteiger partial charge on any atom is -0.490 e. The number of nitrogens with zero attached hydrogens (tertiary/aromatic N) is 2. The maximum atomic E-state index is 6.21. The predicted octanol–water partition coefficient (Wildman–Crippen LogP) is 6.18. The van der Waals surface area contributed by atoms with Crippen molar-refractivity contribution < 1.29 is 9.47 Å². The third-order valence-electron chi connectivity index (χ3n) is 3.66. The molecule has 3 rings (SSSR count). The Kier molecular flexibility index (Phi) is 7.14. The second kappa shape index (κ2) is 9.78. The molecular formula is C20H19Cl2N3O2S. The third-order valence-corrected chi connectivity index (χ3v) is 5.11. The van der Waals surface area contributed by atoms with E-state index >= 15 is 0 Å². The Morgan fingerprint density at radius 3 is 2.71 bits per heavy atom. The number of aryl methyl sites for hydroxylation is 1. The van der Waals surface area contributed by atoms with Crippen molar-refractivity contribution in [1.82, 2.24) is 4.98 Å². The second-order valence-corrected chi connectivity index (χ2v) is 7.53. The van der Waals surface area contributed by atoms with Gasteiger partial charge in [-0.2, -0.15) is 5.10 Å². The van der Waals surface area contributed by atoms with E-state index in [-0.39, 0.29) is 0 Å². The lowest BCUT2D eigenvalue weighted by atomic mass is 10.2. The molecule has 0 fully saturated rings. The zero-order chi connectivity index (χ0) is 19.9. The third kappa shape index (κ3) is 5.61.